The Labute approximate surface area is 140 Å². The highest BCUT2D eigenvalue weighted by Gasteiger charge is 2.37. The number of carbonyl (C=O) groups is 1. The van der Waals surface area contributed by atoms with Crippen LogP contribution >= 0.6 is 0 Å². The summed E-state index contributed by atoms with van der Waals surface area (Å²) in [5.74, 6) is 0.180. The molecule has 2 atom stereocenters. The van der Waals surface area contributed by atoms with Gasteiger partial charge in [-0.25, -0.2) is 8.42 Å². The van der Waals surface area contributed by atoms with Crippen molar-refractivity contribution in [2.45, 2.75) is 23.3 Å². The number of hydrogen-bond acceptors (Lipinski definition) is 4. The number of benzene rings is 2. The minimum absolute atomic E-state index is 0.0804. The van der Waals surface area contributed by atoms with E-state index in [1.807, 2.05) is 24.3 Å². The molecule has 0 bridgehead atoms. The minimum Gasteiger partial charge on any atom is -0.493 e. The van der Waals surface area contributed by atoms with Gasteiger partial charge in [0.05, 0.1) is 29.2 Å². The zero-order valence-electron chi connectivity index (χ0n) is 12.9. The molecule has 0 saturated heterocycles. The van der Waals surface area contributed by atoms with Gasteiger partial charge in [-0.1, -0.05) is 36.4 Å². The fraction of sp³-hybridized carbons (Fsp3) is 0.278. The number of carbonyl (C=O) groups excluding carboxylic acids is 1. The average Bonchev–Trinajstić information content (AvgIpc) is 2.85. The second-order valence-electron chi connectivity index (χ2n) is 6.11. The van der Waals surface area contributed by atoms with Crippen LogP contribution in [0.15, 0.2) is 53.4 Å². The van der Waals surface area contributed by atoms with Crippen LogP contribution in [0.4, 0.5) is 0 Å². The lowest BCUT2D eigenvalue weighted by molar-refractivity contribution is -0.123. The number of rotatable bonds is 2. The van der Waals surface area contributed by atoms with Crippen LogP contribution in [-0.4, -0.2) is 26.7 Å². The van der Waals surface area contributed by atoms with Gasteiger partial charge in [0.1, 0.15) is 5.75 Å². The van der Waals surface area contributed by atoms with Crippen LogP contribution in [0.1, 0.15) is 29.5 Å². The third kappa shape index (κ3) is 2.47. The third-order valence-corrected chi connectivity index (χ3v) is 6.42. The van der Waals surface area contributed by atoms with Crippen LogP contribution in [0.5, 0.6) is 5.75 Å². The Morgan fingerprint density at radius 1 is 1.04 bits per heavy atom. The highest BCUT2D eigenvalue weighted by atomic mass is 32.2. The van der Waals surface area contributed by atoms with Crippen molar-refractivity contribution in [3.8, 4) is 5.75 Å². The third-order valence-electron chi connectivity index (χ3n) is 4.61. The SMILES string of the molecule is O=C(N[C@@H]1CS(=O)(=O)c2ccccc21)[C@H]1CCOc2ccccc21. The van der Waals surface area contributed by atoms with Crippen molar-refractivity contribution >= 4 is 15.7 Å². The van der Waals surface area contributed by atoms with Crippen LogP contribution in [0.3, 0.4) is 0 Å². The molecule has 0 aliphatic carbocycles. The lowest BCUT2D eigenvalue weighted by Crippen LogP contribution is -2.35. The van der Waals surface area contributed by atoms with E-state index >= 15 is 0 Å². The maximum absolute atomic E-state index is 12.8. The van der Waals surface area contributed by atoms with Gasteiger partial charge in [-0.05, 0) is 24.1 Å². The largest absolute Gasteiger partial charge is 0.493 e. The molecule has 0 spiro atoms. The number of sulfone groups is 1. The van der Waals surface area contributed by atoms with Crippen molar-refractivity contribution in [3.05, 3.63) is 59.7 Å². The molecule has 0 fully saturated rings. The number of nitrogens with one attached hydrogen (secondary N) is 1. The van der Waals surface area contributed by atoms with E-state index in [2.05, 4.69) is 5.32 Å². The summed E-state index contributed by atoms with van der Waals surface area (Å²) in [4.78, 5) is 13.1. The number of hydrogen-bond donors (Lipinski definition) is 1. The Balaban J connectivity index is 1.61. The molecule has 0 saturated carbocycles. The van der Waals surface area contributed by atoms with Crippen molar-refractivity contribution in [1.82, 2.24) is 5.32 Å². The average molecular weight is 343 g/mol. The van der Waals surface area contributed by atoms with Gasteiger partial charge in [-0.3, -0.25) is 4.79 Å². The molecule has 2 aromatic rings. The van der Waals surface area contributed by atoms with Gasteiger partial charge in [0, 0.05) is 5.56 Å². The number of para-hydroxylation sites is 1. The topological polar surface area (TPSA) is 72.5 Å². The van der Waals surface area contributed by atoms with Gasteiger partial charge in [-0.15, -0.1) is 0 Å². The Hall–Kier alpha value is -2.34. The van der Waals surface area contributed by atoms with Gasteiger partial charge in [0.2, 0.25) is 5.91 Å². The summed E-state index contributed by atoms with van der Waals surface area (Å²) in [6.07, 6.45) is 0.587. The Morgan fingerprint density at radius 2 is 1.75 bits per heavy atom. The molecular weight excluding hydrogens is 326 g/mol. The zero-order valence-corrected chi connectivity index (χ0v) is 13.8. The first kappa shape index (κ1) is 15.2. The maximum atomic E-state index is 12.8. The molecule has 2 aliphatic heterocycles. The van der Waals surface area contributed by atoms with Crippen LogP contribution in [0, 0.1) is 0 Å². The second-order valence-corrected chi connectivity index (χ2v) is 8.11. The summed E-state index contributed by atoms with van der Waals surface area (Å²) in [5, 5.41) is 2.93. The van der Waals surface area contributed by atoms with E-state index in [0.29, 0.717) is 23.5 Å². The normalized spacial score (nSPS) is 23.7. The molecule has 0 radical (unpaired) electrons. The molecule has 4 rings (SSSR count). The lowest BCUT2D eigenvalue weighted by Gasteiger charge is -2.26. The summed E-state index contributed by atoms with van der Waals surface area (Å²) in [6, 6.07) is 13.9. The molecule has 1 amide bonds. The number of ether oxygens (including phenoxy) is 1. The van der Waals surface area contributed by atoms with Gasteiger partial charge < -0.3 is 10.1 Å². The van der Waals surface area contributed by atoms with E-state index in [0.717, 1.165) is 11.3 Å². The Kier molecular flexibility index (Phi) is 3.57. The highest BCUT2D eigenvalue weighted by molar-refractivity contribution is 7.91. The number of fused-ring (bicyclic) bond motifs is 2. The van der Waals surface area contributed by atoms with Crippen molar-refractivity contribution in [2.75, 3.05) is 12.4 Å². The first-order valence-electron chi connectivity index (χ1n) is 7.90. The van der Waals surface area contributed by atoms with E-state index in [1.54, 1.807) is 24.3 Å². The van der Waals surface area contributed by atoms with Crippen molar-refractivity contribution in [2.24, 2.45) is 0 Å². The molecule has 6 heteroatoms. The number of amides is 1. The van der Waals surface area contributed by atoms with Crippen molar-refractivity contribution < 1.29 is 17.9 Å². The van der Waals surface area contributed by atoms with Crippen LogP contribution < -0.4 is 10.1 Å². The maximum Gasteiger partial charge on any atom is 0.228 e. The fourth-order valence-electron chi connectivity index (χ4n) is 3.46. The van der Waals surface area contributed by atoms with E-state index in [-0.39, 0.29) is 17.6 Å². The van der Waals surface area contributed by atoms with Crippen molar-refractivity contribution in [3.63, 3.8) is 0 Å². The van der Waals surface area contributed by atoms with E-state index in [9.17, 15) is 13.2 Å². The highest BCUT2D eigenvalue weighted by Crippen LogP contribution is 2.36. The second kappa shape index (κ2) is 5.63. The van der Waals surface area contributed by atoms with E-state index in [4.69, 9.17) is 4.74 Å². The first-order valence-corrected chi connectivity index (χ1v) is 9.55. The van der Waals surface area contributed by atoms with Gasteiger partial charge in [0.15, 0.2) is 9.84 Å². The van der Waals surface area contributed by atoms with Crippen molar-refractivity contribution in [1.29, 1.82) is 0 Å². The summed E-state index contributed by atoms with van der Waals surface area (Å²) in [6.45, 7) is 0.481. The quantitative estimate of drug-likeness (QED) is 0.907. The Morgan fingerprint density at radius 3 is 2.58 bits per heavy atom. The van der Waals surface area contributed by atoms with E-state index in [1.165, 1.54) is 0 Å². The molecule has 2 heterocycles. The molecule has 0 aromatic heterocycles. The van der Waals surface area contributed by atoms with Gasteiger partial charge >= 0.3 is 0 Å². The fourth-order valence-corrected chi connectivity index (χ4v) is 5.19. The summed E-state index contributed by atoms with van der Waals surface area (Å²) in [5.41, 5.74) is 1.53. The van der Waals surface area contributed by atoms with Crippen LogP contribution in [-0.2, 0) is 14.6 Å². The molecule has 2 aromatic carbocycles. The Bertz CT molecular complexity index is 907. The molecular formula is C18H17NO4S. The lowest BCUT2D eigenvalue weighted by atomic mass is 9.92. The molecule has 24 heavy (non-hydrogen) atoms. The smallest absolute Gasteiger partial charge is 0.228 e. The molecule has 2 aliphatic rings. The monoisotopic (exact) mass is 343 g/mol. The van der Waals surface area contributed by atoms with Gasteiger partial charge in [0.25, 0.3) is 0 Å². The van der Waals surface area contributed by atoms with Crippen LogP contribution in [0.25, 0.3) is 0 Å². The predicted octanol–water partition coefficient (Wildman–Crippen LogP) is 2.20. The molecule has 5 nitrogen and oxygen atoms in total. The summed E-state index contributed by atoms with van der Waals surface area (Å²) < 4.78 is 30.1. The molecule has 124 valence electrons. The summed E-state index contributed by atoms with van der Waals surface area (Å²) in [7, 11) is -3.33. The molecule has 1 N–H and O–H groups in total. The summed E-state index contributed by atoms with van der Waals surface area (Å²) >= 11 is 0. The zero-order chi connectivity index (χ0) is 16.7. The molecule has 0 unspecified atom stereocenters. The van der Waals surface area contributed by atoms with E-state index < -0.39 is 15.9 Å². The van der Waals surface area contributed by atoms with Gasteiger partial charge in [-0.2, -0.15) is 0 Å². The predicted molar refractivity (Wildman–Crippen MR) is 88.7 cm³/mol. The standard InChI is InChI=1S/C18H17NO4S/c20-18(13-9-10-23-16-7-3-1-5-12(13)16)19-15-11-24(21,22)17-8-4-2-6-14(15)17/h1-8,13,15H,9-11H2,(H,19,20)/t13-,15+/m0/s1. The minimum atomic E-state index is -3.33. The first-order chi connectivity index (χ1) is 11.6. The van der Waals surface area contributed by atoms with Crippen LogP contribution in [0.2, 0.25) is 0 Å².